The van der Waals surface area contributed by atoms with Crippen molar-refractivity contribution in [2.75, 3.05) is 26.7 Å². The second kappa shape index (κ2) is 6.48. The van der Waals surface area contributed by atoms with E-state index < -0.39 is 5.82 Å². The van der Waals surface area contributed by atoms with Crippen LogP contribution in [0.1, 0.15) is 23.2 Å². The Bertz CT molecular complexity index is 459. The number of benzene rings is 1. The highest BCUT2D eigenvalue weighted by molar-refractivity contribution is 9.10. The van der Waals surface area contributed by atoms with Gasteiger partial charge in [0.05, 0.1) is 10.0 Å². The highest BCUT2D eigenvalue weighted by Gasteiger charge is 2.18. The molecule has 5 heteroatoms. The van der Waals surface area contributed by atoms with Gasteiger partial charge in [0.1, 0.15) is 5.82 Å². The number of hydrogen-bond donors (Lipinski definition) is 1. The van der Waals surface area contributed by atoms with Gasteiger partial charge < -0.3 is 10.2 Å². The maximum Gasteiger partial charge on any atom is 0.252 e. The van der Waals surface area contributed by atoms with E-state index in [0.29, 0.717) is 18.0 Å². The normalized spacial score (nSPS) is 17.4. The van der Waals surface area contributed by atoms with Crippen LogP contribution in [0.3, 0.4) is 0 Å². The fourth-order valence-corrected chi connectivity index (χ4v) is 2.72. The lowest BCUT2D eigenvalue weighted by Crippen LogP contribution is -2.37. The van der Waals surface area contributed by atoms with Crippen LogP contribution < -0.4 is 5.32 Å². The van der Waals surface area contributed by atoms with Gasteiger partial charge in [-0.15, -0.1) is 0 Å². The van der Waals surface area contributed by atoms with Gasteiger partial charge in [0, 0.05) is 6.54 Å². The van der Waals surface area contributed by atoms with Crippen LogP contribution in [0.5, 0.6) is 0 Å². The fourth-order valence-electron chi connectivity index (χ4n) is 2.28. The smallest absolute Gasteiger partial charge is 0.252 e. The molecule has 0 unspecified atom stereocenters. The molecule has 104 valence electrons. The number of nitrogens with zero attached hydrogens (tertiary/aromatic N) is 1. The van der Waals surface area contributed by atoms with Crippen molar-refractivity contribution in [3.8, 4) is 0 Å². The van der Waals surface area contributed by atoms with E-state index in [1.807, 2.05) is 0 Å². The first kappa shape index (κ1) is 14.5. The average Bonchev–Trinajstić information content (AvgIpc) is 2.41. The molecule has 0 spiro atoms. The number of carbonyl (C=O) groups excluding carboxylic acids is 1. The first-order valence-corrected chi connectivity index (χ1v) is 7.28. The minimum atomic E-state index is -0.410. The van der Waals surface area contributed by atoms with E-state index in [2.05, 4.69) is 33.2 Å². The standard InChI is InChI=1S/C14H18BrFN2O/c1-18-7-5-10(6-8-18)9-17-14(19)11-3-2-4-12(16)13(11)15/h2-4,10H,5-9H2,1H3,(H,17,19). The van der Waals surface area contributed by atoms with E-state index in [-0.39, 0.29) is 10.4 Å². The van der Waals surface area contributed by atoms with Gasteiger partial charge in [-0.1, -0.05) is 6.07 Å². The van der Waals surface area contributed by atoms with Crippen LogP contribution in [0.4, 0.5) is 4.39 Å². The second-order valence-electron chi connectivity index (χ2n) is 5.06. The second-order valence-corrected chi connectivity index (χ2v) is 5.85. The van der Waals surface area contributed by atoms with E-state index in [1.54, 1.807) is 12.1 Å². The number of hydrogen-bond acceptors (Lipinski definition) is 2. The lowest BCUT2D eigenvalue weighted by molar-refractivity contribution is 0.0937. The Hall–Kier alpha value is -0.940. The topological polar surface area (TPSA) is 32.3 Å². The zero-order chi connectivity index (χ0) is 13.8. The van der Waals surface area contributed by atoms with Crippen molar-refractivity contribution < 1.29 is 9.18 Å². The number of piperidine rings is 1. The van der Waals surface area contributed by atoms with Gasteiger partial charge in [-0.3, -0.25) is 4.79 Å². The first-order chi connectivity index (χ1) is 9.08. The Morgan fingerprint density at radius 2 is 2.16 bits per heavy atom. The summed E-state index contributed by atoms with van der Waals surface area (Å²) in [7, 11) is 2.11. The molecule has 1 saturated heterocycles. The highest BCUT2D eigenvalue weighted by Crippen LogP contribution is 2.20. The van der Waals surface area contributed by atoms with Crippen molar-refractivity contribution in [3.63, 3.8) is 0 Å². The molecule has 19 heavy (non-hydrogen) atoms. The molecule has 1 aliphatic rings. The average molecular weight is 329 g/mol. The molecular formula is C14H18BrFN2O. The third-order valence-electron chi connectivity index (χ3n) is 3.59. The quantitative estimate of drug-likeness (QED) is 0.925. The summed E-state index contributed by atoms with van der Waals surface area (Å²) in [5.74, 6) is -0.107. The number of carbonyl (C=O) groups is 1. The molecule has 1 fully saturated rings. The van der Waals surface area contributed by atoms with E-state index in [4.69, 9.17) is 0 Å². The molecular weight excluding hydrogens is 311 g/mol. The number of rotatable bonds is 3. The monoisotopic (exact) mass is 328 g/mol. The fraction of sp³-hybridized carbons (Fsp3) is 0.500. The summed E-state index contributed by atoms with van der Waals surface area (Å²) in [5.41, 5.74) is 0.355. The van der Waals surface area contributed by atoms with Crippen molar-refractivity contribution in [1.82, 2.24) is 10.2 Å². The van der Waals surface area contributed by atoms with Gasteiger partial charge in [-0.05, 0) is 67.0 Å². The highest BCUT2D eigenvalue weighted by atomic mass is 79.9. The molecule has 0 bridgehead atoms. The van der Waals surface area contributed by atoms with E-state index in [1.165, 1.54) is 6.07 Å². The van der Waals surface area contributed by atoms with Crippen LogP contribution in [0, 0.1) is 11.7 Å². The van der Waals surface area contributed by atoms with Crippen molar-refractivity contribution in [2.24, 2.45) is 5.92 Å². The molecule has 0 aromatic heterocycles. The van der Waals surface area contributed by atoms with E-state index >= 15 is 0 Å². The number of likely N-dealkylation sites (tertiary alicyclic amines) is 1. The third kappa shape index (κ3) is 3.76. The summed E-state index contributed by atoms with van der Waals surface area (Å²) in [6, 6.07) is 4.50. The van der Waals surface area contributed by atoms with Crippen molar-refractivity contribution in [2.45, 2.75) is 12.8 Å². The van der Waals surface area contributed by atoms with Gasteiger partial charge >= 0.3 is 0 Å². The molecule has 1 heterocycles. The predicted molar refractivity (Wildman–Crippen MR) is 76.7 cm³/mol. The molecule has 1 amide bonds. The lowest BCUT2D eigenvalue weighted by Gasteiger charge is -2.28. The zero-order valence-electron chi connectivity index (χ0n) is 11.0. The van der Waals surface area contributed by atoms with Crippen molar-refractivity contribution in [3.05, 3.63) is 34.1 Å². The minimum Gasteiger partial charge on any atom is -0.352 e. The van der Waals surface area contributed by atoms with Gasteiger partial charge in [0.2, 0.25) is 0 Å². The molecule has 3 nitrogen and oxygen atoms in total. The van der Waals surface area contributed by atoms with Crippen LogP contribution in [0.2, 0.25) is 0 Å². The summed E-state index contributed by atoms with van der Waals surface area (Å²) in [4.78, 5) is 14.3. The Kier molecular flexibility index (Phi) is 4.93. The van der Waals surface area contributed by atoms with Crippen LogP contribution in [-0.2, 0) is 0 Å². The maximum atomic E-state index is 13.3. The lowest BCUT2D eigenvalue weighted by atomic mass is 9.97. The molecule has 1 aromatic carbocycles. The molecule has 1 N–H and O–H groups in total. The maximum absolute atomic E-state index is 13.3. The number of nitrogens with one attached hydrogen (secondary N) is 1. The number of halogens is 2. The largest absolute Gasteiger partial charge is 0.352 e. The summed E-state index contributed by atoms with van der Waals surface area (Å²) in [6.07, 6.45) is 2.20. The van der Waals surface area contributed by atoms with E-state index in [9.17, 15) is 9.18 Å². The van der Waals surface area contributed by atoms with Crippen LogP contribution >= 0.6 is 15.9 Å². The molecule has 1 aromatic rings. The number of amides is 1. The Morgan fingerprint density at radius 3 is 2.84 bits per heavy atom. The zero-order valence-corrected chi connectivity index (χ0v) is 12.5. The molecule has 0 aliphatic carbocycles. The summed E-state index contributed by atoms with van der Waals surface area (Å²) >= 11 is 3.11. The van der Waals surface area contributed by atoms with Gasteiger partial charge in [0.25, 0.3) is 5.91 Å². The SMILES string of the molecule is CN1CCC(CNC(=O)c2cccc(F)c2Br)CC1. The van der Waals surface area contributed by atoms with Crippen LogP contribution in [-0.4, -0.2) is 37.5 Å². The van der Waals surface area contributed by atoms with E-state index in [0.717, 1.165) is 25.9 Å². The van der Waals surface area contributed by atoms with Crippen molar-refractivity contribution >= 4 is 21.8 Å². The minimum absolute atomic E-state index is 0.217. The summed E-state index contributed by atoms with van der Waals surface area (Å²) in [6.45, 7) is 2.81. The predicted octanol–water partition coefficient (Wildman–Crippen LogP) is 2.66. The van der Waals surface area contributed by atoms with Gasteiger partial charge in [0.15, 0.2) is 0 Å². The summed E-state index contributed by atoms with van der Waals surface area (Å²) < 4.78 is 13.6. The molecule has 0 saturated carbocycles. The van der Waals surface area contributed by atoms with Crippen LogP contribution in [0.25, 0.3) is 0 Å². The van der Waals surface area contributed by atoms with Gasteiger partial charge in [-0.25, -0.2) is 4.39 Å². The molecule has 0 atom stereocenters. The third-order valence-corrected chi connectivity index (χ3v) is 4.39. The Labute approximate surface area is 121 Å². The van der Waals surface area contributed by atoms with Gasteiger partial charge in [-0.2, -0.15) is 0 Å². The summed E-state index contributed by atoms with van der Waals surface area (Å²) in [5, 5.41) is 2.90. The molecule has 0 radical (unpaired) electrons. The van der Waals surface area contributed by atoms with Crippen LogP contribution in [0.15, 0.2) is 22.7 Å². The molecule has 2 rings (SSSR count). The molecule has 1 aliphatic heterocycles. The van der Waals surface area contributed by atoms with Crippen molar-refractivity contribution in [1.29, 1.82) is 0 Å². The Balaban J connectivity index is 1.89. The Morgan fingerprint density at radius 1 is 1.47 bits per heavy atom. The first-order valence-electron chi connectivity index (χ1n) is 6.48.